The maximum absolute atomic E-state index is 11.3. The van der Waals surface area contributed by atoms with E-state index in [1.807, 2.05) is 0 Å². The van der Waals surface area contributed by atoms with Crippen molar-refractivity contribution in [2.45, 2.75) is 0 Å². The highest BCUT2D eigenvalue weighted by Gasteiger charge is 2.11. The molecule has 78 valence electrons. The third-order valence-electron chi connectivity index (χ3n) is 1.81. The third kappa shape index (κ3) is 2.48. The number of anilines is 1. The molecule has 3 N–H and O–H groups in total. The van der Waals surface area contributed by atoms with Crippen molar-refractivity contribution in [3.05, 3.63) is 29.3 Å². The summed E-state index contributed by atoms with van der Waals surface area (Å²) in [7, 11) is 1.29. The Balaban J connectivity index is 3.17. The standard InChI is InChI=1S/C11H11NO3/c1-15-11(14)9-6-2-4-8(10(9)12)5-3-7-13/h2,4,6,13H,7,12H2,1H3. The van der Waals surface area contributed by atoms with Crippen LogP contribution in [0.5, 0.6) is 0 Å². The molecule has 4 nitrogen and oxygen atoms in total. The van der Waals surface area contributed by atoms with Crippen molar-refractivity contribution in [2.24, 2.45) is 0 Å². The number of aliphatic hydroxyl groups excluding tert-OH is 1. The van der Waals surface area contributed by atoms with Gasteiger partial charge in [-0.15, -0.1) is 0 Å². The summed E-state index contributed by atoms with van der Waals surface area (Å²) >= 11 is 0. The predicted octanol–water partition coefficient (Wildman–Crippen LogP) is 0.399. The van der Waals surface area contributed by atoms with Crippen LogP contribution >= 0.6 is 0 Å². The van der Waals surface area contributed by atoms with Crippen LogP contribution in [0.2, 0.25) is 0 Å². The lowest BCUT2D eigenvalue weighted by Crippen LogP contribution is -2.06. The van der Waals surface area contributed by atoms with E-state index in [-0.39, 0.29) is 17.9 Å². The van der Waals surface area contributed by atoms with E-state index < -0.39 is 5.97 Å². The van der Waals surface area contributed by atoms with Gasteiger partial charge in [-0.05, 0) is 12.1 Å². The van der Waals surface area contributed by atoms with Crippen LogP contribution in [-0.4, -0.2) is 24.8 Å². The zero-order valence-corrected chi connectivity index (χ0v) is 8.28. The normalized spacial score (nSPS) is 8.93. The van der Waals surface area contributed by atoms with Crippen LogP contribution in [0.4, 0.5) is 5.69 Å². The van der Waals surface area contributed by atoms with E-state index in [1.165, 1.54) is 7.11 Å². The number of carbonyl (C=O) groups is 1. The number of rotatable bonds is 1. The molecule has 1 aromatic rings. The molecule has 0 aliphatic heterocycles. The van der Waals surface area contributed by atoms with Crippen molar-refractivity contribution < 1.29 is 14.6 Å². The molecule has 0 aliphatic rings. The molecule has 0 saturated carbocycles. The number of hydrogen-bond donors (Lipinski definition) is 2. The number of hydrogen-bond acceptors (Lipinski definition) is 4. The first-order valence-electron chi connectivity index (χ1n) is 4.27. The zero-order valence-electron chi connectivity index (χ0n) is 8.28. The maximum Gasteiger partial charge on any atom is 0.339 e. The average molecular weight is 205 g/mol. The van der Waals surface area contributed by atoms with Gasteiger partial charge >= 0.3 is 5.97 Å². The molecule has 0 spiro atoms. The molecule has 0 aromatic heterocycles. The number of para-hydroxylation sites is 1. The zero-order chi connectivity index (χ0) is 11.3. The fourth-order valence-corrected chi connectivity index (χ4v) is 1.10. The van der Waals surface area contributed by atoms with E-state index in [1.54, 1.807) is 18.2 Å². The van der Waals surface area contributed by atoms with Crippen LogP contribution in [0.3, 0.4) is 0 Å². The van der Waals surface area contributed by atoms with E-state index in [0.29, 0.717) is 5.56 Å². The van der Waals surface area contributed by atoms with Gasteiger partial charge in [-0.25, -0.2) is 4.79 Å². The molecule has 0 fully saturated rings. The van der Waals surface area contributed by atoms with E-state index in [4.69, 9.17) is 10.8 Å². The molecule has 0 unspecified atom stereocenters. The Morgan fingerprint density at radius 2 is 2.33 bits per heavy atom. The van der Waals surface area contributed by atoms with Crippen LogP contribution in [0, 0.1) is 11.8 Å². The van der Waals surface area contributed by atoms with Gasteiger partial charge < -0.3 is 15.6 Å². The number of benzene rings is 1. The number of methoxy groups -OCH3 is 1. The highest BCUT2D eigenvalue weighted by Crippen LogP contribution is 2.17. The van der Waals surface area contributed by atoms with Crippen molar-refractivity contribution >= 4 is 11.7 Å². The van der Waals surface area contributed by atoms with Gasteiger partial charge in [-0.3, -0.25) is 0 Å². The average Bonchev–Trinajstić information content (AvgIpc) is 2.27. The molecule has 0 aliphatic carbocycles. The second kappa shape index (κ2) is 5.03. The van der Waals surface area contributed by atoms with Gasteiger partial charge in [0.2, 0.25) is 0 Å². The minimum Gasteiger partial charge on any atom is -0.465 e. The SMILES string of the molecule is COC(=O)c1cccc(C#CCO)c1N. The molecule has 0 amide bonds. The molecule has 1 rings (SSSR count). The van der Waals surface area contributed by atoms with Gasteiger partial charge in [0.25, 0.3) is 0 Å². The lowest BCUT2D eigenvalue weighted by Gasteiger charge is -2.04. The second-order valence-electron chi connectivity index (χ2n) is 2.72. The van der Waals surface area contributed by atoms with Gasteiger partial charge in [0, 0.05) is 5.56 Å². The van der Waals surface area contributed by atoms with Crippen LogP contribution in [0.1, 0.15) is 15.9 Å². The largest absolute Gasteiger partial charge is 0.465 e. The Kier molecular flexibility index (Phi) is 3.72. The minimum atomic E-state index is -0.500. The topological polar surface area (TPSA) is 72.5 Å². The summed E-state index contributed by atoms with van der Waals surface area (Å²) in [6, 6.07) is 4.89. The molecule has 0 heterocycles. The van der Waals surface area contributed by atoms with Crippen LogP contribution in [0.25, 0.3) is 0 Å². The summed E-state index contributed by atoms with van der Waals surface area (Å²) in [6.07, 6.45) is 0. The first-order valence-corrected chi connectivity index (χ1v) is 4.27. The Labute approximate surface area is 87.7 Å². The number of aliphatic hydroxyl groups is 1. The number of ether oxygens (including phenoxy) is 1. The lowest BCUT2D eigenvalue weighted by atomic mass is 10.1. The lowest BCUT2D eigenvalue weighted by molar-refractivity contribution is 0.0602. The number of nitrogens with two attached hydrogens (primary N) is 1. The first kappa shape index (κ1) is 11.1. The summed E-state index contributed by atoms with van der Waals surface area (Å²) < 4.78 is 4.56. The van der Waals surface area contributed by atoms with Crippen molar-refractivity contribution in [3.8, 4) is 11.8 Å². The Hall–Kier alpha value is -1.99. The summed E-state index contributed by atoms with van der Waals surface area (Å²) in [5.41, 5.74) is 6.77. The highest BCUT2D eigenvalue weighted by molar-refractivity contribution is 5.96. The Bertz CT molecular complexity index is 429. The van der Waals surface area contributed by atoms with E-state index >= 15 is 0 Å². The van der Waals surface area contributed by atoms with Gasteiger partial charge in [0.1, 0.15) is 6.61 Å². The summed E-state index contributed by atoms with van der Waals surface area (Å²) in [5.74, 6) is 4.61. The number of carbonyl (C=O) groups excluding carboxylic acids is 1. The molecule has 0 bridgehead atoms. The maximum atomic E-state index is 11.3. The predicted molar refractivity (Wildman–Crippen MR) is 56.2 cm³/mol. The van der Waals surface area contributed by atoms with Crippen molar-refractivity contribution in [1.29, 1.82) is 0 Å². The van der Waals surface area contributed by atoms with E-state index in [2.05, 4.69) is 16.6 Å². The molecule has 0 radical (unpaired) electrons. The summed E-state index contributed by atoms with van der Waals surface area (Å²) in [5, 5.41) is 8.54. The number of esters is 1. The van der Waals surface area contributed by atoms with Crippen LogP contribution in [0.15, 0.2) is 18.2 Å². The molecule has 1 aromatic carbocycles. The van der Waals surface area contributed by atoms with Crippen molar-refractivity contribution in [1.82, 2.24) is 0 Å². The monoisotopic (exact) mass is 205 g/mol. The second-order valence-corrected chi connectivity index (χ2v) is 2.72. The first-order chi connectivity index (χ1) is 7.20. The van der Waals surface area contributed by atoms with Crippen LogP contribution < -0.4 is 5.73 Å². The minimum absolute atomic E-state index is 0.248. The molecule has 0 saturated heterocycles. The highest BCUT2D eigenvalue weighted by atomic mass is 16.5. The number of nitrogen functional groups attached to an aromatic ring is 1. The van der Waals surface area contributed by atoms with Gasteiger partial charge in [0.15, 0.2) is 0 Å². The van der Waals surface area contributed by atoms with Gasteiger partial charge in [0.05, 0.1) is 18.4 Å². The smallest absolute Gasteiger partial charge is 0.339 e. The van der Waals surface area contributed by atoms with Gasteiger partial charge in [-0.1, -0.05) is 17.9 Å². The molecular formula is C11H11NO3. The van der Waals surface area contributed by atoms with Crippen LogP contribution in [-0.2, 0) is 4.74 Å². The molecule has 0 atom stereocenters. The van der Waals surface area contributed by atoms with E-state index in [0.717, 1.165) is 0 Å². The molecule has 15 heavy (non-hydrogen) atoms. The van der Waals surface area contributed by atoms with E-state index in [9.17, 15) is 4.79 Å². The Morgan fingerprint density at radius 1 is 1.60 bits per heavy atom. The molecule has 4 heteroatoms. The van der Waals surface area contributed by atoms with Gasteiger partial charge in [-0.2, -0.15) is 0 Å². The fraction of sp³-hybridized carbons (Fsp3) is 0.182. The summed E-state index contributed by atoms with van der Waals surface area (Å²) in [6.45, 7) is -0.248. The van der Waals surface area contributed by atoms with Crippen molar-refractivity contribution in [3.63, 3.8) is 0 Å². The summed E-state index contributed by atoms with van der Waals surface area (Å²) in [4.78, 5) is 11.3. The fourth-order valence-electron chi connectivity index (χ4n) is 1.10. The molecular weight excluding hydrogens is 194 g/mol. The third-order valence-corrected chi connectivity index (χ3v) is 1.81. The quantitative estimate of drug-likeness (QED) is 0.395. The van der Waals surface area contributed by atoms with Crippen molar-refractivity contribution in [2.75, 3.05) is 19.5 Å². The Morgan fingerprint density at radius 3 is 2.93 bits per heavy atom.